The highest BCUT2D eigenvalue weighted by Crippen LogP contribution is 2.54. The van der Waals surface area contributed by atoms with Gasteiger partial charge in [-0.15, -0.1) is 6.58 Å². The number of rotatable bonds is 9. The van der Waals surface area contributed by atoms with E-state index < -0.39 is 17.4 Å². The fraction of sp³-hybridized carbons (Fsp3) is 0.344. The number of esters is 1. The van der Waals surface area contributed by atoms with Crippen LogP contribution in [0.25, 0.3) is 0 Å². The zero-order valence-electron chi connectivity index (χ0n) is 22.6. The van der Waals surface area contributed by atoms with Crippen LogP contribution in [0.4, 0.5) is 0 Å². The van der Waals surface area contributed by atoms with Gasteiger partial charge in [-0.25, -0.2) is 9.78 Å². The Balaban J connectivity index is 1.93. The lowest BCUT2D eigenvalue weighted by molar-refractivity contribution is -0.155. The van der Waals surface area contributed by atoms with Crippen LogP contribution in [-0.2, 0) is 9.53 Å². The van der Waals surface area contributed by atoms with Gasteiger partial charge in [0.25, 0.3) is 0 Å². The average Bonchev–Trinajstić information content (AvgIpc) is 2.92. The molecule has 1 amide bonds. The van der Waals surface area contributed by atoms with E-state index in [1.165, 1.54) is 0 Å². The first kappa shape index (κ1) is 28.8. The molecular weight excluding hydrogens is 531 g/mol. The monoisotopic (exact) mass is 564 g/mol. The van der Waals surface area contributed by atoms with E-state index in [0.717, 1.165) is 11.1 Å². The van der Waals surface area contributed by atoms with E-state index in [-0.39, 0.29) is 30.2 Å². The molecule has 4 atom stereocenters. The minimum atomic E-state index is -0.691. The number of benzene rings is 2. The van der Waals surface area contributed by atoms with Crippen molar-refractivity contribution in [1.29, 1.82) is 0 Å². The molecule has 0 unspecified atom stereocenters. The molecule has 1 fully saturated rings. The van der Waals surface area contributed by atoms with Gasteiger partial charge in [-0.2, -0.15) is 0 Å². The topological polar surface area (TPSA) is 59.5 Å². The van der Waals surface area contributed by atoms with E-state index in [2.05, 4.69) is 17.6 Å². The number of amides is 1. The molecule has 0 saturated carbocycles. The SMILES string of the molecule is C=CC[C@@]1(C)C[C@H](c2cccc(Cl)c2)[C@@H](c2ccc(Cl)cc2)N([C@H](CC)c2cccc(C(=O)OCC)n2)C1=O. The summed E-state index contributed by atoms with van der Waals surface area (Å²) in [6.07, 6.45) is 3.56. The third kappa shape index (κ3) is 6.05. The van der Waals surface area contributed by atoms with Crippen LogP contribution in [0.3, 0.4) is 0 Å². The molecule has 1 aliphatic heterocycles. The number of likely N-dealkylation sites (tertiary alicyclic amines) is 1. The molecule has 1 aliphatic rings. The Bertz CT molecular complexity index is 1340. The molecule has 3 aromatic rings. The predicted octanol–water partition coefficient (Wildman–Crippen LogP) is 8.36. The molecular formula is C32H34Cl2N2O3. The molecule has 0 spiro atoms. The summed E-state index contributed by atoms with van der Waals surface area (Å²) in [5, 5.41) is 1.27. The second-order valence-electron chi connectivity index (χ2n) is 10.2. The number of hydrogen-bond donors (Lipinski definition) is 0. The average molecular weight is 566 g/mol. The number of aromatic nitrogens is 1. The number of allylic oxidation sites excluding steroid dienone is 1. The van der Waals surface area contributed by atoms with Crippen molar-refractivity contribution in [1.82, 2.24) is 9.88 Å². The van der Waals surface area contributed by atoms with Crippen LogP contribution in [0.5, 0.6) is 0 Å². The van der Waals surface area contributed by atoms with Gasteiger partial charge in [0.1, 0.15) is 5.69 Å². The fourth-order valence-corrected chi connectivity index (χ4v) is 6.06. The van der Waals surface area contributed by atoms with E-state index in [4.69, 9.17) is 27.9 Å². The Labute approximate surface area is 240 Å². The van der Waals surface area contributed by atoms with Gasteiger partial charge >= 0.3 is 5.97 Å². The van der Waals surface area contributed by atoms with Crippen LogP contribution >= 0.6 is 23.2 Å². The highest BCUT2D eigenvalue weighted by Gasteiger charge is 2.51. The Morgan fingerprint density at radius 1 is 1.10 bits per heavy atom. The molecule has 0 N–H and O–H groups in total. The maximum atomic E-state index is 14.5. The molecule has 0 aliphatic carbocycles. The van der Waals surface area contributed by atoms with E-state index in [1.807, 2.05) is 73.4 Å². The van der Waals surface area contributed by atoms with Crippen molar-refractivity contribution in [3.63, 3.8) is 0 Å². The third-order valence-corrected chi connectivity index (χ3v) is 7.99. The first-order valence-electron chi connectivity index (χ1n) is 13.3. The van der Waals surface area contributed by atoms with E-state index in [1.54, 1.807) is 19.1 Å². The van der Waals surface area contributed by atoms with Crippen LogP contribution in [0.15, 0.2) is 79.4 Å². The van der Waals surface area contributed by atoms with E-state index in [9.17, 15) is 9.59 Å². The Morgan fingerprint density at radius 2 is 1.82 bits per heavy atom. The lowest BCUT2D eigenvalue weighted by Gasteiger charge is -2.52. The van der Waals surface area contributed by atoms with Gasteiger partial charge in [0, 0.05) is 16.0 Å². The molecule has 0 bridgehead atoms. The standard InChI is InChI=1S/C32H34Cl2N2O3/c1-5-18-32(4)20-25(22-10-8-11-24(34)19-22)29(21-14-16-23(33)17-15-21)36(31(32)38)28(6-2)26-12-9-13-27(35-26)30(37)39-7-3/h5,8-17,19,25,28-29H,1,6-7,18,20H2,2-4H3/t25-,28-,29-,32+/m1/s1. The zero-order chi connectivity index (χ0) is 28.2. The van der Waals surface area contributed by atoms with Crippen molar-refractivity contribution in [2.45, 2.75) is 58.0 Å². The molecule has 1 aromatic heterocycles. The summed E-state index contributed by atoms with van der Waals surface area (Å²) >= 11 is 12.7. The fourth-order valence-electron chi connectivity index (χ4n) is 5.74. The predicted molar refractivity (Wildman–Crippen MR) is 156 cm³/mol. The molecule has 4 rings (SSSR count). The maximum Gasteiger partial charge on any atom is 0.356 e. The molecule has 39 heavy (non-hydrogen) atoms. The largest absolute Gasteiger partial charge is 0.461 e. The summed E-state index contributed by atoms with van der Waals surface area (Å²) in [5.74, 6) is -0.521. The lowest BCUT2D eigenvalue weighted by atomic mass is 9.67. The number of hydrogen-bond acceptors (Lipinski definition) is 4. The number of nitrogens with zero attached hydrogens (tertiary/aromatic N) is 2. The van der Waals surface area contributed by atoms with Gasteiger partial charge in [0.2, 0.25) is 5.91 Å². The first-order chi connectivity index (χ1) is 18.7. The second kappa shape index (κ2) is 12.4. The molecule has 204 valence electrons. The number of carbonyl (C=O) groups is 2. The summed E-state index contributed by atoms with van der Waals surface area (Å²) in [6.45, 7) is 10.0. The van der Waals surface area contributed by atoms with Crippen molar-refractivity contribution >= 4 is 35.1 Å². The summed E-state index contributed by atoms with van der Waals surface area (Å²) in [4.78, 5) is 33.7. The van der Waals surface area contributed by atoms with Gasteiger partial charge in [0.15, 0.2) is 0 Å². The molecule has 1 saturated heterocycles. The lowest BCUT2D eigenvalue weighted by Crippen LogP contribution is -2.53. The highest BCUT2D eigenvalue weighted by molar-refractivity contribution is 6.30. The van der Waals surface area contributed by atoms with Gasteiger partial charge in [0.05, 0.1) is 29.8 Å². The van der Waals surface area contributed by atoms with Crippen molar-refractivity contribution in [2.75, 3.05) is 6.61 Å². The van der Waals surface area contributed by atoms with E-state index >= 15 is 0 Å². The van der Waals surface area contributed by atoms with Gasteiger partial charge in [-0.05, 0) is 73.7 Å². The summed E-state index contributed by atoms with van der Waals surface area (Å²) in [6, 6.07) is 20.1. The Hall–Kier alpha value is -3.15. The molecule has 2 aromatic carbocycles. The third-order valence-electron chi connectivity index (χ3n) is 7.50. The first-order valence-corrected chi connectivity index (χ1v) is 14.1. The molecule has 2 heterocycles. The van der Waals surface area contributed by atoms with Gasteiger partial charge in [-0.3, -0.25) is 4.79 Å². The highest BCUT2D eigenvalue weighted by atomic mass is 35.5. The van der Waals surface area contributed by atoms with Crippen molar-refractivity contribution in [2.24, 2.45) is 5.41 Å². The Kier molecular flexibility index (Phi) is 9.14. The normalized spacial score (nSPS) is 21.9. The minimum Gasteiger partial charge on any atom is -0.461 e. The number of carbonyl (C=O) groups excluding carboxylic acids is 2. The summed E-state index contributed by atoms with van der Waals surface area (Å²) in [7, 11) is 0. The maximum absolute atomic E-state index is 14.5. The van der Waals surface area contributed by atoms with Crippen LogP contribution in [0.2, 0.25) is 10.0 Å². The van der Waals surface area contributed by atoms with Crippen LogP contribution in [-0.4, -0.2) is 28.4 Å². The zero-order valence-corrected chi connectivity index (χ0v) is 24.1. The van der Waals surface area contributed by atoms with Crippen molar-refractivity contribution in [3.05, 3.63) is 112 Å². The molecule has 5 nitrogen and oxygen atoms in total. The van der Waals surface area contributed by atoms with Crippen LogP contribution in [0.1, 0.15) is 85.3 Å². The smallest absolute Gasteiger partial charge is 0.356 e. The number of pyridine rings is 1. The number of ether oxygens (including phenoxy) is 1. The molecule has 0 radical (unpaired) electrons. The molecule has 7 heteroatoms. The Morgan fingerprint density at radius 3 is 2.46 bits per heavy atom. The summed E-state index contributed by atoms with van der Waals surface area (Å²) < 4.78 is 5.20. The van der Waals surface area contributed by atoms with Crippen molar-refractivity contribution < 1.29 is 14.3 Å². The number of halogens is 2. The van der Waals surface area contributed by atoms with Crippen LogP contribution < -0.4 is 0 Å². The quantitative estimate of drug-likeness (QED) is 0.193. The van der Waals surface area contributed by atoms with Crippen molar-refractivity contribution in [3.8, 4) is 0 Å². The minimum absolute atomic E-state index is 0.0239. The van der Waals surface area contributed by atoms with Gasteiger partial charge in [-0.1, -0.05) is 73.5 Å². The summed E-state index contributed by atoms with van der Waals surface area (Å²) in [5.41, 5.74) is 2.20. The van der Waals surface area contributed by atoms with E-state index in [0.29, 0.717) is 35.0 Å². The van der Waals surface area contributed by atoms with Gasteiger partial charge < -0.3 is 9.64 Å². The number of piperidine rings is 1. The van der Waals surface area contributed by atoms with Crippen LogP contribution in [0, 0.1) is 5.41 Å². The second-order valence-corrected chi connectivity index (χ2v) is 11.1.